The van der Waals surface area contributed by atoms with E-state index in [0.717, 1.165) is 42.1 Å². The summed E-state index contributed by atoms with van der Waals surface area (Å²) in [7, 11) is 0. The van der Waals surface area contributed by atoms with Crippen LogP contribution in [-0.2, 0) is 15.1 Å². The van der Waals surface area contributed by atoms with Gasteiger partial charge in [0.15, 0.2) is 6.10 Å². The summed E-state index contributed by atoms with van der Waals surface area (Å²) in [5.41, 5.74) is 3.03. The lowest BCUT2D eigenvalue weighted by Crippen LogP contribution is -3.16. The van der Waals surface area contributed by atoms with E-state index < -0.39 is 5.92 Å². The van der Waals surface area contributed by atoms with Gasteiger partial charge in [-0.25, -0.2) is 0 Å². The Labute approximate surface area is 199 Å². The Morgan fingerprint density at radius 1 is 0.906 bits per heavy atom. The normalized spacial score (nSPS) is 19.8. The molecule has 0 saturated carbocycles. The maximum Gasteiger partial charge on any atom is 0.318 e. The van der Waals surface area contributed by atoms with E-state index in [9.17, 15) is 4.79 Å². The highest BCUT2D eigenvalue weighted by atomic mass is 79.9. The summed E-state index contributed by atoms with van der Waals surface area (Å²) in [5.74, 6) is 0.818. The van der Waals surface area contributed by atoms with E-state index in [4.69, 9.17) is 9.47 Å². The Balaban J connectivity index is 0.00000245. The van der Waals surface area contributed by atoms with Crippen LogP contribution in [0.15, 0.2) is 78.9 Å². The number of quaternary nitrogens is 1. The second-order valence-corrected chi connectivity index (χ2v) is 9.01. The highest BCUT2D eigenvalue weighted by Crippen LogP contribution is 2.44. The molecule has 0 aliphatic carbocycles. The van der Waals surface area contributed by atoms with Crippen molar-refractivity contribution >= 4 is 5.97 Å². The van der Waals surface area contributed by atoms with E-state index in [-0.39, 0.29) is 34.6 Å². The van der Waals surface area contributed by atoms with Gasteiger partial charge >= 0.3 is 5.97 Å². The van der Waals surface area contributed by atoms with Gasteiger partial charge in [-0.3, -0.25) is 4.79 Å². The number of likely N-dealkylation sites (tertiary alicyclic amines) is 1. The lowest BCUT2D eigenvalue weighted by atomic mass is 9.88. The number of halogens is 1. The van der Waals surface area contributed by atoms with E-state index in [1.165, 1.54) is 10.5 Å². The van der Waals surface area contributed by atoms with Crippen LogP contribution in [0, 0.1) is 0 Å². The van der Waals surface area contributed by atoms with Crippen LogP contribution in [0.5, 0.6) is 11.5 Å². The topological polar surface area (TPSA) is 40.0 Å². The summed E-state index contributed by atoms with van der Waals surface area (Å²) >= 11 is 0. The number of carbonyl (C=O) groups is 1. The van der Waals surface area contributed by atoms with Crippen molar-refractivity contribution < 1.29 is 36.1 Å². The van der Waals surface area contributed by atoms with Crippen molar-refractivity contribution in [2.75, 3.05) is 13.1 Å². The Morgan fingerprint density at radius 2 is 1.47 bits per heavy atom. The van der Waals surface area contributed by atoms with Gasteiger partial charge in [0, 0.05) is 23.1 Å². The monoisotopic (exact) mass is 493 g/mol. The molecule has 5 heteroatoms. The molecule has 1 unspecified atom stereocenters. The number of ether oxygens (including phenoxy) is 2. The molecule has 166 valence electrons. The first-order chi connectivity index (χ1) is 15.0. The molecule has 1 N–H and O–H groups in total. The van der Waals surface area contributed by atoms with Crippen LogP contribution in [0.1, 0.15) is 42.9 Å². The van der Waals surface area contributed by atoms with Crippen molar-refractivity contribution in [3.63, 3.8) is 0 Å². The molecule has 2 heterocycles. The lowest BCUT2D eigenvalue weighted by Gasteiger charge is -2.33. The van der Waals surface area contributed by atoms with Crippen molar-refractivity contribution in [1.29, 1.82) is 0 Å². The average Bonchev–Trinajstić information content (AvgIpc) is 3.27. The number of fused-ring (bicyclic) bond motifs is 2. The molecule has 5 rings (SSSR count). The number of nitrogens with one attached hydrogen (secondary N) is 1. The van der Waals surface area contributed by atoms with Crippen LogP contribution in [0.2, 0.25) is 0 Å². The predicted octanol–water partition coefficient (Wildman–Crippen LogP) is 1.06. The minimum absolute atomic E-state index is 0. The number of esters is 1. The van der Waals surface area contributed by atoms with Crippen LogP contribution < -0.4 is 26.6 Å². The molecular formula is C27H28BrNO3. The maximum absolute atomic E-state index is 13.4. The van der Waals surface area contributed by atoms with Gasteiger partial charge in [0.2, 0.25) is 0 Å². The summed E-state index contributed by atoms with van der Waals surface area (Å²) in [6, 6.07) is 26.1. The van der Waals surface area contributed by atoms with Gasteiger partial charge in [0.05, 0.1) is 6.54 Å². The fraction of sp³-hybridized carbons (Fsp3) is 0.296. The van der Waals surface area contributed by atoms with E-state index in [2.05, 4.69) is 38.1 Å². The molecule has 0 radical (unpaired) electrons. The predicted molar refractivity (Wildman–Crippen MR) is 119 cm³/mol. The van der Waals surface area contributed by atoms with Gasteiger partial charge in [0.25, 0.3) is 0 Å². The van der Waals surface area contributed by atoms with Crippen LogP contribution in [-0.4, -0.2) is 25.2 Å². The van der Waals surface area contributed by atoms with Gasteiger partial charge in [0.1, 0.15) is 29.5 Å². The number of hydrogen-bond acceptors (Lipinski definition) is 3. The zero-order chi connectivity index (χ0) is 21.4. The molecule has 1 saturated heterocycles. The largest absolute Gasteiger partial charge is 1.00 e. The first kappa shape index (κ1) is 22.6. The molecule has 2 aliphatic rings. The summed E-state index contributed by atoms with van der Waals surface area (Å²) < 4.78 is 12.1. The van der Waals surface area contributed by atoms with E-state index in [0.29, 0.717) is 0 Å². The summed E-state index contributed by atoms with van der Waals surface area (Å²) in [4.78, 5) is 14.9. The SMILES string of the molecule is CC(C)(c1ccccc1)[NH+]1CC[C@@H](OC(=O)C2c3ccccc3Oc3ccccc32)C1.[Br-]. The summed E-state index contributed by atoms with van der Waals surface area (Å²) in [6.07, 6.45) is 0.803. The van der Waals surface area contributed by atoms with Crippen LogP contribution in [0.4, 0.5) is 0 Å². The standard InChI is InChI=1S/C27H27NO3.BrH/c1-27(2,19-10-4-3-5-11-19)28-17-16-20(18-28)30-26(29)25-21-12-6-8-14-23(21)31-24-15-9-7-13-22(24)25;/h3-15,20,25H,16-18H2,1-2H3;1H/t20-;/m1./s1. The molecule has 2 atom stereocenters. The van der Waals surface area contributed by atoms with Gasteiger partial charge in [-0.15, -0.1) is 0 Å². The number of benzene rings is 3. The molecule has 0 bridgehead atoms. The van der Waals surface area contributed by atoms with Crippen molar-refractivity contribution in [2.45, 2.75) is 37.8 Å². The van der Waals surface area contributed by atoms with Crippen LogP contribution >= 0.6 is 0 Å². The Hall–Kier alpha value is -2.63. The molecule has 1 fully saturated rings. The first-order valence-corrected chi connectivity index (χ1v) is 11.0. The second kappa shape index (κ2) is 9.08. The number of hydrogen-bond donors (Lipinski definition) is 1. The smallest absolute Gasteiger partial charge is 0.318 e. The van der Waals surface area contributed by atoms with Crippen molar-refractivity contribution in [2.24, 2.45) is 0 Å². The minimum Gasteiger partial charge on any atom is -1.00 e. The third kappa shape index (κ3) is 4.07. The maximum atomic E-state index is 13.4. The molecule has 0 spiro atoms. The fourth-order valence-electron chi connectivity index (χ4n) is 4.94. The van der Waals surface area contributed by atoms with Crippen molar-refractivity contribution in [3.8, 4) is 11.5 Å². The van der Waals surface area contributed by atoms with Gasteiger partial charge in [-0.1, -0.05) is 66.7 Å². The van der Waals surface area contributed by atoms with Crippen LogP contribution in [0.3, 0.4) is 0 Å². The minimum atomic E-state index is -0.452. The summed E-state index contributed by atoms with van der Waals surface area (Å²) in [5, 5.41) is 0. The molecule has 3 aromatic rings. The third-order valence-electron chi connectivity index (χ3n) is 6.82. The fourth-order valence-corrected chi connectivity index (χ4v) is 4.94. The highest BCUT2D eigenvalue weighted by Gasteiger charge is 2.42. The molecule has 0 amide bonds. The average molecular weight is 494 g/mol. The zero-order valence-electron chi connectivity index (χ0n) is 18.4. The summed E-state index contributed by atoms with van der Waals surface area (Å²) in [6.45, 7) is 6.35. The van der Waals surface area contributed by atoms with Gasteiger partial charge in [-0.2, -0.15) is 0 Å². The molecule has 0 aromatic heterocycles. The van der Waals surface area contributed by atoms with Crippen molar-refractivity contribution in [1.82, 2.24) is 0 Å². The third-order valence-corrected chi connectivity index (χ3v) is 6.82. The zero-order valence-corrected chi connectivity index (χ0v) is 20.0. The highest BCUT2D eigenvalue weighted by molar-refractivity contribution is 5.85. The Kier molecular flexibility index (Phi) is 6.40. The second-order valence-electron chi connectivity index (χ2n) is 9.01. The molecule has 3 aromatic carbocycles. The van der Waals surface area contributed by atoms with Crippen molar-refractivity contribution in [3.05, 3.63) is 95.6 Å². The molecule has 32 heavy (non-hydrogen) atoms. The number of para-hydroxylation sites is 2. The number of rotatable bonds is 4. The van der Waals surface area contributed by atoms with Crippen LogP contribution in [0.25, 0.3) is 0 Å². The van der Waals surface area contributed by atoms with Gasteiger partial charge < -0.3 is 31.4 Å². The van der Waals surface area contributed by atoms with E-state index in [1.807, 2.05) is 54.6 Å². The molecular weight excluding hydrogens is 466 g/mol. The Bertz CT molecular complexity index is 1050. The van der Waals surface area contributed by atoms with Gasteiger partial charge in [-0.05, 0) is 26.0 Å². The molecule has 4 nitrogen and oxygen atoms in total. The molecule has 2 aliphatic heterocycles. The van der Waals surface area contributed by atoms with E-state index >= 15 is 0 Å². The lowest BCUT2D eigenvalue weighted by molar-refractivity contribution is -0.946. The van der Waals surface area contributed by atoms with E-state index in [1.54, 1.807) is 0 Å². The Morgan fingerprint density at radius 3 is 2.09 bits per heavy atom. The first-order valence-electron chi connectivity index (χ1n) is 11.0. The quantitative estimate of drug-likeness (QED) is 0.552. The number of carbonyl (C=O) groups excluding carboxylic acids is 1.